The third-order valence-electron chi connectivity index (χ3n) is 4.47. The van der Waals surface area contributed by atoms with Gasteiger partial charge in [-0.2, -0.15) is 0 Å². The summed E-state index contributed by atoms with van der Waals surface area (Å²) in [7, 11) is 0. The highest BCUT2D eigenvalue weighted by Crippen LogP contribution is 2.17. The largest absolute Gasteiger partial charge is 0.409 e. The fourth-order valence-electron chi connectivity index (χ4n) is 2.81. The molecule has 0 bridgehead atoms. The molecule has 0 aromatic carbocycles. The molecular weight excluding hydrogens is 268 g/mol. The first-order valence-electron chi connectivity index (χ1n) is 8.05. The first kappa shape index (κ1) is 17.8. The Bertz CT molecular complexity index is 352. The molecule has 1 aliphatic rings. The Labute approximate surface area is 128 Å². The molecule has 2 atom stereocenters. The number of oxime groups is 1. The van der Waals surface area contributed by atoms with E-state index in [1.54, 1.807) is 0 Å². The van der Waals surface area contributed by atoms with Gasteiger partial charge < -0.3 is 15.8 Å². The van der Waals surface area contributed by atoms with Crippen LogP contribution in [0.3, 0.4) is 0 Å². The van der Waals surface area contributed by atoms with Gasteiger partial charge in [0.1, 0.15) is 0 Å². The van der Waals surface area contributed by atoms with Crippen LogP contribution in [0.1, 0.15) is 46.5 Å². The van der Waals surface area contributed by atoms with Crippen molar-refractivity contribution in [3.63, 3.8) is 0 Å². The smallest absolute Gasteiger partial charge is 0.225 e. The van der Waals surface area contributed by atoms with Gasteiger partial charge in [0.2, 0.25) is 5.91 Å². The number of nitrogens with two attached hydrogens (primary N) is 1. The fraction of sp³-hybridized carbons (Fsp3) is 0.867. The maximum Gasteiger partial charge on any atom is 0.225 e. The Morgan fingerprint density at radius 2 is 1.90 bits per heavy atom. The van der Waals surface area contributed by atoms with Crippen LogP contribution >= 0.6 is 0 Å². The highest BCUT2D eigenvalue weighted by molar-refractivity contribution is 5.84. The fourth-order valence-corrected chi connectivity index (χ4v) is 2.81. The van der Waals surface area contributed by atoms with E-state index in [-0.39, 0.29) is 17.8 Å². The molecule has 6 heteroatoms. The number of carbonyl (C=O) groups excluding carboxylic acids is 1. The number of hydrogen-bond donors (Lipinski definition) is 2. The second-order valence-electron chi connectivity index (χ2n) is 5.81. The molecule has 1 fully saturated rings. The second-order valence-corrected chi connectivity index (χ2v) is 5.81. The normalized spacial score (nSPS) is 20.3. The maximum absolute atomic E-state index is 12.5. The molecule has 2 unspecified atom stereocenters. The van der Waals surface area contributed by atoms with E-state index in [2.05, 4.69) is 23.9 Å². The molecule has 0 spiro atoms. The van der Waals surface area contributed by atoms with E-state index in [9.17, 15) is 4.79 Å². The highest BCUT2D eigenvalue weighted by Gasteiger charge is 2.28. The van der Waals surface area contributed by atoms with Crippen LogP contribution in [0.4, 0.5) is 0 Å². The van der Waals surface area contributed by atoms with E-state index < -0.39 is 0 Å². The quantitative estimate of drug-likeness (QED) is 0.323. The summed E-state index contributed by atoms with van der Waals surface area (Å²) >= 11 is 0. The molecule has 0 aromatic rings. The number of nitrogens with zero attached hydrogens (tertiary/aromatic N) is 3. The maximum atomic E-state index is 12.5. The lowest BCUT2D eigenvalue weighted by Crippen LogP contribution is -2.55. The number of rotatable bonds is 7. The number of carbonyl (C=O) groups is 1. The van der Waals surface area contributed by atoms with Gasteiger partial charge in [-0.3, -0.25) is 9.69 Å². The van der Waals surface area contributed by atoms with E-state index in [1.807, 2.05) is 11.8 Å². The molecule has 21 heavy (non-hydrogen) atoms. The Kier molecular flexibility index (Phi) is 7.50. The third kappa shape index (κ3) is 4.88. The zero-order valence-electron chi connectivity index (χ0n) is 13.6. The second kappa shape index (κ2) is 8.87. The van der Waals surface area contributed by atoms with Crippen molar-refractivity contribution < 1.29 is 10.0 Å². The zero-order valence-corrected chi connectivity index (χ0v) is 13.6. The van der Waals surface area contributed by atoms with Crippen molar-refractivity contribution in [3.8, 4) is 0 Å². The number of amides is 1. The minimum absolute atomic E-state index is 0.0886. The van der Waals surface area contributed by atoms with Crippen LogP contribution in [0.15, 0.2) is 5.16 Å². The average molecular weight is 298 g/mol. The Balaban J connectivity index is 2.49. The summed E-state index contributed by atoms with van der Waals surface area (Å²) in [6, 6.07) is -0.0886. The van der Waals surface area contributed by atoms with Gasteiger partial charge in [0, 0.05) is 32.1 Å². The van der Waals surface area contributed by atoms with Crippen molar-refractivity contribution in [2.24, 2.45) is 16.8 Å². The van der Waals surface area contributed by atoms with Gasteiger partial charge in [-0.25, -0.2) is 0 Å². The molecule has 0 aromatic heterocycles. The van der Waals surface area contributed by atoms with E-state index in [0.29, 0.717) is 5.91 Å². The minimum atomic E-state index is -0.0886. The minimum Gasteiger partial charge on any atom is -0.409 e. The number of amidine groups is 1. The third-order valence-corrected chi connectivity index (χ3v) is 4.47. The van der Waals surface area contributed by atoms with Crippen LogP contribution in [-0.2, 0) is 4.79 Å². The average Bonchev–Trinajstić information content (AvgIpc) is 2.54. The molecule has 3 N–H and O–H groups in total. The molecule has 1 aliphatic heterocycles. The summed E-state index contributed by atoms with van der Waals surface area (Å²) in [4.78, 5) is 16.6. The lowest BCUT2D eigenvalue weighted by Gasteiger charge is -2.38. The van der Waals surface area contributed by atoms with Crippen molar-refractivity contribution in [1.29, 1.82) is 0 Å². The predicted molar refractivity (Wildman–Crippen MR) is 84.3 cm³/mol. The molecular formula is C15H30N4O2. The van der Waals surface area contributed by atoms with Crippen molar-refractivity contribution >= 4 is 11.7 Å². The summed E-state index contributed by atoms with van der Waals surface area (Å²) < 4.78 is 0. The molecule has 0 aliphatic carbocycles. The summed E-state index contributed by atoms with van der Waals surface area (Å²) in [6.45, 7) is 9.16. The molecule has 0 radical (unpaired) electrons. The monoisotopic (exact) mass is 298 g/mol. The van der Waals surface area contributed by atoms with Crippen molar-refractivity contribution in [1.82, 2.24) is 9.80 Å². The lowest BCUT2D eigenvalue weighted by molar-refractivity contribution is -0.137. The predicted octanol–water partition coefficient (Wildman–Crippen LogP) is 1.48. The van der Waals surface area contributed by atoms with Crippen LogP contribution in [0.5, 0.6) is 0 Å². The van der Waals surface area contributed by atoms with Crippen molar-refractivity contribution in [3.05, 3.63) is 0 Å². The first-order chi connectivity index (χ1) is 10.0. The highest BCUT2D eigenvalue weighted by atomic mass is 16.4. The van der Waals surface area contributed by atoms with Gasteiger partial charge in [0.25, 0.3) is 0 Å². The first-order valence-corrected chi connectivity index (χ1v) is 8.05. The topological polar surface area (TPSA) is 82.2 Å². The molecule has 1 heterocycles. The van der Waals surface area contributed by atoms with Gasteiger partial charge in [0.05, 0.1) is 6.04 Å². The molecule has 122 valence electrons. The van der Waals surface area contributed by atoms with Crippen molar-refractivity contribution in [2.45, 2.75) is 52.5 Å². The van der Waals surface area contributed by atoms with Gasteiger partial charge in [-0.1, -0.05) is 31.8 Å². The number of unbranched alkanes of at least 4 members (excludes halogenated alkanes) is 1. The molecule has 1 rings (SSSR count). The Hall–Kier alpha value is -1.30. The Morgan fingerprint density at radius 1 is 1.29 bits per heavy atom. The van der Waals surface area contributed by atoms with E-state index in [0.717, 1.165) is 51.9 Å². The summed E-state index contributed by atoms with van der Waals surface area (Å²) in [5.41, 5.74) is 5.64. The van der Waals surface area contributed by atoms with Gasteiger partial charge in [0.15, 0.2) is 5.84 Å². The van der Waals surface area contributed by atoms with E-state index in [4.69, 9.17) is 10.9 Å². The summed E-state index contributed by atoms with van der Waals surface area (Å²) in [5.74, 6) is 0.684. The zero-order chi connectivity index (χ0) is 15.8. The van der Waals surface area contributed by atoms with Crippen molar-refractivity contribution in [2.75, 3.05) is 26.2 Å². The van der Waals surface area contributed by atoms with Gasteiger partial charge in [-0.05, 0) is 19.8 Å². The number of piperazine rings is 1. The van der Waals surface area contributed by atoms with Crippen LogP contribution in [0.25, 0.3) is 0 Å². The molecule has 1 saturated heterocycles. The van der Waals surface area contributed by atoms with Gasteiger partial charge >= 0.3 is 0 Å². The molecule has 1 amide bonds. The van der Waals surface area contributed by atoms with E-state index >= 15 is 0 Å². The van der Waals surface area contributed by atoms with E-state index in [1.165, 1.54) is 0 Å². The lowest BCUT2D eigenvalue weighted by atomic mass is 9.97. The van der Waals surface area contributed by atoms with Crippen LogP contribution < -0.4 is 5.73 Å². The SMILES string of the molecule is CCCCC(CC)C(=O)N1CCN(C(C)C(N)=NO)CC1. The summed E-state index contributed by atoms with van der Waals surface area (Å²) in [6.07, 6.45) is 4.16. The standard InChI is InChI=1S/C15H30N4O2/c1-4-6-7-13(5-2)15(20)19-10-8-18(9-11-19)12(3)14(16)17-21/h12-13,21H,4-11H2,1-3H3,(H2,16,17). The molecule has 0 saturated carbocycles. The molecule has 6 nitrogen and oxygen atoms in total. The van der Waals surface area contributed by atoms with Crippen LogP contribution in [0, 0.1) is 5.92 Å². The van der Waals surface area contributed by atoms with Gasteiger partial charge in [-0.15, -0.1) is 0 Å². The Morgan fingerprint density at radius 3 is 2.38 bits per heavy atom. The summed E-state index contributed by atoms with van der Waals surface area (Å²) in [5, 5.41) is 11.8. The number of hydrogen-bond acceptors (Lipinski definition) is 4. The van der Waals surface area contributed by atoms with Crippen LogP contribution in [0.2, 0.25) is 0 Å². The van der Waals surface area contributed by atoms with Crippen LogP contribution in [-0.4, -0.2) is 59.0 Å².